The third-order valence-corrected chi connectivity index (χ3v) is 3.72. The van der Waals surface area contributed by atoms with E-state index in [0.29, 0.717) is 12.5 Å². The smallest absolute Gasteiger partial charge is 0.0791 e. The van der Waals surface area contributed by atoms with Crippen LogP contribution in [0, 0.1) is 0 Å². The monoisotopic (exact) mass is 278 g/mol. The second-order valence-corrected chi connectivity index (χ2v) is 5.67. The zero-order valence-electron chi connectivity index (χ0n) is 13.4. The molecule has 0 radical (unpaired) electrons. The molecule has 0 heterocycles. The van der Waals surface area contributed by atoms with Crippen molar-refractivity contribution in [2.75, 3.05) is 26.2 Å². The Labute approximate surface area is 124 Å². The molecule has 114 valence electrons. The molecule has 1 atom stereocenters. The molecule has 0 aliphatic carbocycles. The highest BCUT2D eigenvalue weighted by molar-refractivity contribution is 5.24. The molecule has 0 aliphatic heterocycles. The molecular weight excluding hydrogens is 248 g/mol. The molecule has 3 nitrogen and oxygen atoms in total. The largest absolute Gasteiger partial charge is 0.390 e. The summed E-state index contributed by atoms with van der Waals surface area (Å²) in [5, 5.41) is 13.3. The van der Waals surface area contributed by atoms with Crippen LogP contribution in [-0.4, -0.2) is 42.3 Å². The molecule has 1 unspecified atom stereocenters. The standard InChI is InChI=1S/C17H30N2O/c1-5-19(6-2)13-17(20)12-18-11-15-7-9-16(10-8-15)14(3)4/h7-10,14,17-18,20H,5-6,11-13H2,1-4H3. The summed E-state index contributed by atoms with van der Waals surface area (Å²) in [4.78, 5) is 2.24. The number of rotatable bonds is 9. The lowest BCUT2D eigenvalue weighted by molar-refractivity contribution is 0.116. The fourth-order valence-corrected chi connectivity index (χ4v) is 2.25. The number of hydrogen-bond donors (Lipinski definition) is 2. The van der Waals surface area contributed by atoms with E-state index in [0.717, 1.165) is 26.2 Å². The summed E-state index contributed by atoms with van der Waals surface area (Å²) in [5.41, 5.74) is 2.64. The van der Waals surface area contributed by atoms with E-state index in [9.17, 15) is 5.11 Å². The van der Waals surface area contributed by atoms with E-state index in [1.807, 2.05) is 0 Å². The van der Waals surface area contributed by atoms with Gasteiger partial charge < -0.3 is 15.3 Å². The summed E-state index contributed by atoms with van der Waals surface area (Å²) >= 11 is 0. The zero-order valence-corrected chi connectivity index (χ0v) is 13.4. The van der Waals surface area contributed by atoms with Crippen molar-refractivity contribution in [3.63, 3.8) is 0 Å². The van der Waals surface area contributed by atoms with E-state index in [2.05, 4.69) is 62.2 Å². The predicted octanol–water partition coefficient (Wildman–Crippen LogP) is 2.60. The van der Waals surface area contributed by atoms with E-state index < -0.39 is 0 Å². The molecular formula is C17H30N2O. The van der Waals surface area contributed by atoms with Gasteiger partial charge in [0.25, 0.3) is 0 Å². The minimum Gasteiger partial charge on any atom is -0.390 e. The number of aliphatic hydroxyl groups is 1. The van der Waals surface area contributed by atoms with Gasteiger partial charge in [-0.3, -0.25) is 0 Å². The van der Waals surface area contributed by atoms with Gasteiger partial charge in [0, 0.05) is 19.6 Å². The first kappa shape index (κ1) is 17.2. The summed E-state index contributed by atoms with van der Waals surface area (Å²) in [6, 6.07) is 8.71. The van der Waals surface area contributed by atoms with E-state index in [1.165, 1.54) is 11.1 Å². The van der Waals surface area contributed by atoms with E-state index in [4.69, 9.17) is 0 Å². The number of benzene rings is 1. The van der Waals surface area contributed by atoms with Crippen molar-refractivity contribution in [2.45, 2.75) is 46.3 Å². The van der Waals surface area contributed by atoms with Crippen LogP contribution in [0.25, 0.3) is 0 Å². The van der Waals surface area contributed by atoms with Gasteiger partial charge in [0.05, 0.1) is 6.10 Å². The number of aliphatic hydroxyl groups excluding tert-OH is 1. The van der Waals surface area contributed by atoms with Gasteiger partial charge in [0.1, 0.15) is 0 Å². The molecule has 0 saturated heterocycles. The van der Waals surface area contributed by atoms with Crippen LogP contribution in [0.1, 0.15) is 44.7 Å². The second-order valence-electron chi connectivity index (χ2n) is 5.67. The molecule has 0 spiro atoms. The van der Waals surface area contributed by atoms with Gasteiger partial charge >= 0.3 is 0 Å². The first-order valence-electron chi connectivity index (χ1n) is 7.76. The van der Waals surface area contributed by atoms with E-state index >= 15 is 0 Å². The Morgan fingerprint density at radius 3 is 2.20 bits per heavy atom. The Bertz CT molecular complexity index is 358. The first-order chi connectivity index (χ1) is 9.56. The van der Waals surface area contributed by atoms with Gasteiger partial charge in [0.15, 0.2) is 0 Å². The van der Waals surface area contributed by atoms with Gasteiger partial charge in [-0.2, -0.15) is 0 Å². The fraction of sp³-hybridized carbons (Fsp3) is 0.647. The van der Waals surface area contributed by atoms with Gasteiger partial charge in [-0.1, -0.05) is 52.0 Å². The van der Waals surface area contributed by atoms with E-state index in [-0.39, 0.29) is 6.10 Å². The van der Waals surface area contributed by atoms with Crippen molar-refractivity contribution in [3.8, 4) is 0 Å². The highest BCUT2D eigenvalue weighted by Crippen LogP contribution is 2.14. The van der Waals surface area contributed by atoms with Gasteiger partial charge in [0.2, 0.25) is 0 Å². The molecule has 0 fully saturated rings. The molecule has 3 heteroatoms. The van der Waals surface area contributed by atoms with Crippen molar-refractivity contribution >= 4 is 0 Å². The fourth-order valence-electron chi connectivity index (χ4n) is 2.25. The quantitative estimate of drug-likeness (QED) is 0.729. The minimum absolute atomic E-state index is 0.301. The third kappa shape index (κ3) is 6.04. The van der Waals surface area contributed by atoms with Crippen LogP contribution in [0.2, 0.25) is 0 Å². The van der Waals surface area contributed by atoms with E-state index in [1.54, 1.807) is 0 Å². The summed E-state index contributed by atoms with van der Waals surface area (Å²) < 4.78 is 0. The SMILES string of the molecule is CCN(CC)CC(O)CNCc1ccc(C(C)C)cc1. The average molecular weight is 278 g/mol. The average Bonchev–Trinajstić information content (AvgIpc) is 2.45. The summed E-state index contributed by atoms with van der Waals surface area (Å²) in [7, 11) is 0. The molecule has 1 aromatic rings. The summed E-state index contributed by atoms with van der Waals surface area (Å²) in [6.45, 7) is 12.8. The Morgan fingerprint density at radius 2 is 1.70 bits per heavy atom. The molecule has 20 heavy (non-hydrogen) atoms. The van der Waals surface area contributed by atoms with Crippen LogP contribution >= 0.6 is 0 Å². The van der Waals surface area contributed by atoms with Crippen LogP contribution in [0.3, 0.4) is 0 Å². The second kappa shape index (κ2) is 9.11. The van der Waals surface area contributed by atoms with Crippen molar-refractivity contribution < 1.29 is 5.11 Å². The molecule has 0 saturated carbocycles. The Kier molecular flexibility index (Phi) is 7.82. The topological polar surface area (TPSA) is 35.5 Å². The number of nitrogens with zero attached hydrogens (tertiary/aromatic N) is 1. The zero-order chi connectivity index (χ0) is 15.0. The number of likely N-dealkylation sites (N-methyl/N-ethyl adjacent to an activating group) is 1. The molecule has 0 aliphatic rings. The van der Waals surface area contributed by atoms with Crippen LogP contribution < -0.4 is 5.32 Å². The Morgan fingerprint density at radius 1 is 1.10 bits per heavy atom. The minimum atomic E-state index is -0.301. The highest BCUT2D eigenvalue weighted by Gasteiger charge is 2.08. The molecule has 2 N–H and O–H groups in total. The Balaban J connectivity index is 2.29. The van der Waals surface area contributed by atoms with Crippen molar-refractivity contribution in [1.29, 1.82) is 0 Å². The van der Waals surface area contributed by atoms with Crippen LogP contribution in [0.15, 0.2) is 24.3 Å². The Hall–Kier alpha value is -0.900. The lowest BCUT2D eigenvalue weighted by Gasteiger charge is -2.22. The molecule has 1 rings (SSSR count). The van der Waals surface area contributed by atoms with Crippen LogP contribution in [0.5, 0.6) is 0 Å². The lowest BCUT2D eigenvalue weighted by atomic mass is 10.0. The lowest BCUT2D eigenvalue weighted by Crippen LogP contribution is -2.38. The third-order valence-electron chi connectivity index (χ3n) is 3.72. The number of hydrogen-bond acceptors (Lipinski definition) is 3. The normalized spacial score (nSPS) is 13.2. The predicted molar refractivity (Wildman–Crippen MR) is 86.0 cm³/mol. The van der Waals surface area contributed by atoms with Crippen LogP contribution in [-0.2, 0) is 6.54 Å². The van der Waals surface area contributed by atoms with Gasteiger partial charge in [-0.05, 0) is 30.1 Å². The van der Waals surface area contributed by atoms with Crippen molar-refractivity contribution in [2.24, 2.45) is 0 Å². The van der Waals surface area contributed by atoms with Gasteiger partial charge in [-0.15, -0.1) is 0 Å². The maximum Gasteiger partial charge on any atom is 0.0791 e. The molecule has 0 bridgehead atoms. The van der Waals surface area contributed by atoms with Crippen molar-refractivity contribution in [1.82, 2.24) is 10.2 Å². The maximum absolute atomic E-state index is 9.97. The first-order valence-corrected chi connectivity index (χ1v) is 7.76. The summed E-state index contributed by atoms with van der Waals surface area (Å²) in [6.07, 6.45) is -0.301. The van der Waals surface area contributed by atoms with Crippen molar-refractivity contribution in [3.05, 3.63) is 35.4 Å². The van der Waals surface area contributed by atoms with Gasteiger partial charge in [-0.25, -0.2) is 0 Å². The molecule has 0 aromatic heterocycles. The van der Waals surface area contributed by atoms with Crippen LogP contribution in [0.4, 0.5) is 0 Å². The maximum atomic E-state index is 9.97. The number of nitrogens with one attached hydrogen (secondary N) is 1. The molecule has 0 amide bonds. The highest BCUT2D eigenvalue weighted by atomic mass is 16.3. The summed E-state index contributed by atoms with van der Waals surface area (Å²) in [5.74, 6) is 0.577. The molecule has 1 aromatic carbocycles.